The normalized spacial score (nSPS) is 13.5. The van der Waals surface area contributed by atoms with Crippen LogP contribution in [0.5, 0.6) is 0 Å². The Morgan fingerprint density at radius 2 is 1.97 bits per heavy atom. The number of carbonyl (C=O) groups excluding carboxylic acids is 2. The van der Waals surface area contributed by atoms with E-state index in [2.05, 4.69) is 20.4 Å². The van der Waals surface area contributed by atoms with Gasteiger partial charge >= 0.3 is 12.1 Å². The fourth-order valence-electron chi connectivity index (χ4n) is 3.10. The Morgan fingerprint density at radius 3 is 2.62 bits per heavy atom. The van der Waals surface area contributed by atoms with Crippen molar-refractivity contribution >= 4 is 23.7 Å². The monoisotopic (exact) mass is 475 g/mol. The number of anilines is 1. The molecule has 1 aromatic heterocycles. The molecule has 0 spiro atoms. The minimum Gasteiger partial charge on any atom is -0.456 e. The lowest BCUT2D eigenvalue weighted by atomic mass is 10.1. The molecule has 1 fully saturated rings. The van der Waals surface area contributed by atoms with Crippen molar-refractivity contribution in [3.05, 3.63) is 42.0 Å². The van der Waals surface area contributed by atoms with Crippen molar-refractivity contribution < 1.29 is 33.0 Å². The van der Waals surface area contributed by atoms with Crippen LogP contribution in [0, 0.1) is 5.82 Å². The maximum Gasteiger partial charge on any atom is 0.407 e. The second-order valence-electron chi connectivity index (χ2n) is 7.37. The number of benzene rings is 1. The number of aromatic nitrogens is 2. The highest BCUT2D eigenvalue weighted by Gasteiger charge is 2.25. The number of halogens is 1. The summed E-state index contributed by atoms with van der Waals surface area (Å²) in [5, 5.41) is 6.35. The Kier molecular flexibility index (Phi) is 8.68. The van der Waals surface area contributed by atoms with Gasteiger partial charge in [-0.05, 0) is 0 Å². The number of carbonyl (C=O) groups is 2. The highest BCUT2D eigenvalue weighted by molar-refractivity contribution is 5.98. The molecule has 2 aromatic rings. The molecule has 0 saturated carbocycles. The molecule has 12 heteroatoms. The molecule has 0 bridgehead atoms. The number of hydrogen-bond donors (Lipinski definition) is 1. The molecule has 3 rings (SSSR count). The lowest BCUT2D eigenvalue weighted by Crippen LogP contribution is -2.48. The van der Waals surface area contributed by atoms with Gasteiger partial charge in [0.2, 0.25) is 5.95 Å². The van der Waals surface area contributed by atoms with Crippen LogP contribution in [0.3, 0.4) is 0 Å². The van der Waals surface area contributed by atoms with Crippen LogP contribution in [-0.4, -0.2) is 74.3 Å². The first-order chi connectivity index (χ1) is 16.4. The average molecular weight is 475 g/mol. The minimum atomic E-state index is -0.639. The molecule has 0 radical (unpaired) electrons. The number of oxime groups is 1. The maximum atomic E-state index is 14.9. The van der Waals surface area contributed by atoms with E-state index in [1.807, 2.05) is 4.90 Å². The van der Waals surface area contributed by atoms with E-state index in [-0.39, 0.29) is 25.4 Å². The molecule has 1 aromatic carbocycles. The standard InChI is InChI=1S/C22H26FN5O6/c1-14(29)34-18(12-31-3)13-33-27-17-9-28(10-17)21-25-7-16(8-26-21)19-6-4-5-15(20(19)23)11-32-22(30)24-2/h4-8,18H,9-13H2,1-3H3,(H,24,30). The van der Waals surface area contributed by atoms with Gasteiger partial charge in [0, 0.05) is 50.2 Å². The Bertz CT molecular complexity index is 1020. The van der Waals surface area contributed by atoms with Crippen LogP contribution in [0.15, 0.2) is 35.7 Å². The van der Waals surface area contributed by atoms with Gasteiger partial charge < -0.3 is 29.3 Å². The second kappa shape index (κ2) is 11.9. The summed E-state index contributed by atoms with van der Waals surface area (Å²) in [7, 11) is 2.93. The molecule has 1 atom stereocenters. The van der Waals surface area contributed by atoms with Crippen molar-refractivity contribution in [1.29, 1.82) is 0 Å². The van der Waals surface area contributed by atoms with E-state index in [4.69, 9.17) is 19.0 Å². The lowest BCUT2D eigenvalue weighted by Gasteiger charge is -2.32. The summed E-state index contributed by atoms with van der Waals surface area (Å²) in [5.74, 6) is -0.448. The van der Waals surface area contributed by atoms with Gasteiger partial charge in [-0.2, -0.15) is 0 Å². The van der Waals surface area contributed by atoms with Crippen molar-refractivity contribution in [3.8, 4) is 11.1 Å². The summed E-state index contributed by atoms with van der Waals surface area (Å²) in [4.78, 5) is 38.1. The average Bonchev–Trinajstić information content (AvgIpc) is 2.79. The van der Waals surface area contributed by atoms with Crippen LogP contribution < -0.4 is 10.2 Å². The molecular formula is C22H26FN5O6. The molecule has 1 amide bonds. The first-order valence-electron chi connectivity index (χ1n) is 10.4. The summed E-state index contributed by atoms with van der Waals surface area (Å²) in [5.41, 5.74) is 1.83. The molecule has 182 valence electrons. The number of nitrogens with zero attached hydrogens (tertiary/aromatic N) is 4. The Hall–Kier alpha value is -3.80. The van der Waals surface area contributed by atoms with Crippen LogP contribution in [-0.2, 0) is 30.4 Å². The molecule has 34 heavy (non-hydrogen) atoms. The number of alkyl carbamates (subject to hydrolysis) is 1. The molecule has 0 aliphatic carbocycles. The van der Waals surface area contributed by atoms with Crippen LogP contribution in [0.2, 0.25) is 0 Å². The van der Waals surface area contributed by atoms with Crippen molar-refractivity contribution in [2.24, 2.45) is 5.16 Å². The van der Waals surface area contributed by atoms with Gasteiger partial charge in [-0.1, -0.05) is 23.4 Å². The molecule has 1 aliphatic heterocycles. The van der Waals surface area contributed by atoms with Crippen molar-refractivity contribution in [3.63, 3.8) is 0 Å². The fraction of sp³-hybridized carbons (Fsp3) is 0.409. The van der Waals surface area contributed by atoms with Crippen molar-refractivity contribution in [2.45, 2.75) is 19.6 Å². The topological polar surface area (TPSA) is 124 Å². The number of methoxy groups -OCH3 is 1. The van der Waals surface area contributed by atoms with Crippen molar-refractivity contribution in [1.82, 2.24) is 15.3 Å². The molecule has 1 N–H and O–H groups in total. The fourth-order valence-corrected chi connectivity index (χ4v) is 3.10. The zero-order valence-corrected chi connectivity index (χ0v) is 19.1. The molecule has 1 aliphatic rings. The Balaban J connectivity index is 1.55. The summed E-state index contributed by atoms with van der Waals surface area (Å²) in [6, 6.07) is 4.82. The third kappa shape index (κ3) is 6.61. The van der Waals surface area contributed by atoms with Gasteiger partial charge in [0.15, 0.2) is 12.7 Å². The Morgan fingerprint density at radius 1 is 1.24 bits per heavy atom. The van der Waals surface area contributed by atoms with Crippen molar-refractivity contribution in [2.75, 3.05) is 45.4 Å². The van der Waals surface area contributed by atoms with Crippen LogP contribution in [0.1, 0.15) is 12.5 Å². The lowest BCUT2D eigenvalue weighted by molar-refractivity contribution is -0.152. The first-order valence-corrected chi connectivity index (χ1v) is 10.4. The zero-order valence-electron chi connectivity index (χ0n) is 19.1. The van der Waals surface area contributed by atoms with E-state index in [1.54, 1.807) is 18.2 Å². The highest BCUT2D eigenvalue weighted by atomic mass is 19.1. The third-order valence-corrected chi connectivity index (χ3v) is 4.76. The first kappa shape index (κ1) is 24.8. The van der Waals surface area contributed by atoms with Crippen LogP contribution in [0.25, 0.3) is 11.1 Å². The van der Waals surface area contributed by atoms with Gasteiger partial charge in [-0.15, -0.1) is 0 Å². The van der Waals surface area contributed by atoms with E-state index in [9.17, 15) is 14.0 Å². The second-order valence-corrected chi connectivity index (χ2v) is 7.37. The van der Waals surface area contributed by atoms with Gasteiger partial charge in [-0.25, -0.2) is 19.2 Å². The van der Waals surface area contributed by atoms with E-state index in [1.165, 1.54) is 33.5 Å². The Labute approximate surface area is 195 Å². The minimum absolute atomic E-state index is 0.0842. The maximum absolute atomic E-state index is 14.9. The highest BCUT2D eigenvalue weighted by Crippen LogP contribution is 2.26. The van der Waals surface area contributed by atoms with Crippen LogP contribution in [0.4, 0.5) is 15.1 Å². The number of nitrogens with one attached hydrogen (secondary N) is 1. The number of rotatable bonds is 10. The molecule has 1 unspecified atom stereocenters. The van der Waals surface area contributed by atoms with E-state index in [0.29, 0.717) is 30.2 Å². The number of hydrogen-bond acceptors (Lipinski definition) is 10. The van der Waals surface area contributed by atoms with Gasteiger partial charge in [0.1, 0.15) is 12.4 Å². The predicted octanol–water partition coefficient (Wildman–Crippen LogP) is 1.91. The number of esters is 1. The van der Waals surface area contributed by atoms with Gasteiger partial charge in [-0.3, -0.25) is 4.79 Å². The molecule has 11 nitrogen and oxygen atoms in total. The van der Waals surface area contributed by atoms with Gasteiger partial charge in [0.25, 0.3) is 0 Å². The SMILES string of the molecule is CNC(=O)OCc1cccc(-c2cnc(N3CC(=NOCC(COC)OC(C)=O)C3)nc2)c1F. The predicted molar refractivity (Wildman–Crippen MR) is 120 cm³/mol. The zero-order chi connectivity index (χ0) is 24.5. The summed E-state index contributed by atoms with van der Waals surface area (Å²) < 4.78 is 29.8. The van der Waals surface area contributed by atoms with Crippen LogP contribution >= 0.6 is 0 Å². The molecular weight excluding hydrogens is 449 g/mol. The smallest absolute Gasteiger partial charge is 0.407 e. The van der Waals surface area contributed by atoms with E-state index >= 15 is 0 Å². The van der Waals surface area contributed by atoms with Gasteiger partial charge in [0.05, 0.1) is 25.4 Å². The summed E-state index contributed by atoms with van der Waals surface area (Å²) in [6.07, 6.45) is 1.89. The third-order valence-electron chi connectivity index (χ3n) is 4.76. The molecule has 1 saturated heterocycles. The van der Waals surface area contributed by atoms with E-state index < -0.39 is 24.0 Å². The quantitative estimate of drug-likeness (QED) is 0.405. The molecule has 2 heterocycles. The summed E-state index contributed by atoms with van der Waals surface area (Å²) >= 11 is 0. The largest absolute Gasteiger partial charge is 0.456 e. The number of ether oxygens (including phenoxy) is 3. The number of amides is 1. The summed E-state index contributed by atoms with van der Waals surface area (Å²) in [6.45, 7) is 2.37. The van der Waals surface area contributed by atoms with E-state index in [0.717, 1.165) is 5.71 Å².